The van der Waals surface area contributed by atoms with Gasteiger partial charge in [0.1, 0.15) is 5.82 Å². The number of ether oxygens (including phenoxy) is 1. The first-order chi connectivity index (χ1) is 11.5. The van der Waals surface area contributed by atoms with Gasteiger partial charge in [0, 0.05) is 26.2 Å². The van der Waals surface area contributed by atoms with Crippen molar-refractivity contribution in [3.63, 3.8) is 0 Å². The Morgan fingerprint density at radius 2 is 1.83 bits per heavy atom. The monoisotopic (exact) mass is 335 g/mol. The highest BCUT2D eigenvalue weighted by Gasteiger charge is 2.26. The largest absolute Gasteiger partial charge is 0.372 e. The van der Waals surface area contributed by atoms with Crippen molar-refractivity contribution < 1.29 is 13.9 Å². The van der Waals surface area contributed by atoms with Gasteiger partial charge in [-0.05, 0) is 51.3 Å². The number of amides is 2. The number of carbonyl (C=O) groups is 1. The Bertz CT molecular complexity index is 580. The highest BCUT2D eigenvalue weighted by molar-refractivity contribution is 5.93. The van der Waals surface area contributed by atoms with Crippen molar-refractivity contribution >= 4 is 17.4 Å². The van der Waals surface area contributed by atoms with Gasteiger partial charge < -0.3 is 19.9 Å². The summed E-state index contributed by atoms with van der Waals surface area (Å²) in [6, 6.07) is 4.44. The topological polar surface area (TPSA) is 44.8 Å². The molecule has 1 aromatic carbocycles. The average Bonchev–Trinajstić information content (AvgIpc) is 2.55. The number of anilines is 2. The number of rotatable bonds is 2. The van der Waals surface area contributed by atoms with E-state index in [0.717, 1.165) is 31.6 Å². The number of carbonyl (C=O) groups excluding carboxylic acids is 1. The lowest BCUT2D eigenvalue weighted by atomic mass is 10.1. The van der Waals surface area contributed by atoms with E-state index in [1.165, 1.54) is 18.6 Å². The van der Waals surface area contributed by atoms with Crippen LogP contribution >= 0.6 is 0 Å². The molecule has 2 aliphatic heterocycles. The second-order valence-electron chi connectivity index (χ2n) is 6.80. The highest BCUT2D eigenvalue weighted by atomic mass is 19.1. The van der Waals surface area contributed by atoms with Crippen LogP contribution in [0.25, 0.3) is 0 Å². The van der Waals surface area contributed by atoms with Crippen LogP contribution in [0.5, 0.6) is 0 Å². The molecule has 2 unspecified atom stereocenters. The van der Waals surface area contributed by atoms with E-state index < -0.39 is 0 Å². The van der Waals surface area contributed by atoms with E-state index in [1.807, 2.05) is 13.8 Å². The van der Waals surface area contributed by atoms with Crippen LogP contribution in [0.4, 0.5) is 20.6 Å². The lowest BCUT2D eigenvalue weighted by molar-refractivity contribution is -0.0530. The van der Waals surface area contributed by atoms with Crippen LogP contribution in [0.3, 0.4) is 0 Å². The second kappa shape index (κ2) is 7.38. The van der Waals surface area contributed by atoms with Crippen LogP contribution in [0, 0.1) is 5.82 Å². The van der Waals surface area contributed by atoms with Crippen molar-refractivity contribution in [2.24, 2.45) is 0 Å². The highest BCUT2D eigenvalue weighted by Crippen LogP contribution is 2.29. The van der Waals surface area contributed by atoms with Crippen molar-refractivity contribution in [1.82, 2.24) is 4.90 Å². The number of nitrogens with one attached hydrogen (secondary N) is 1. The zero-order valence-corrected chi connectivity index (χ0v) is 14.4. The molecule has 6 heteroatoms. The molecule has 24 heavy (non-hydrogen) atoms. The van der Waals surface area contributed by atoms with Crippen LogP contribution in [0.15, 0.2) is 18.2 Å². The maximum absolute atomic E-state index is 13.7. The van der Waals surface area contributed by atoms with E-state index in [9.17, 15) is 9.18 Å². The number of piperidine rings is 1. The van der Waals surface area contributed by atoms with Crippen molar-refractivity contribution in [3.8, 4) is 0 Å². The number of hydrogen-bond donors (Lipinski definition) is 1. The van der Waals surface area contributed by atoms with E-state index in [1.54, 1.807) is 11.0 Å². The Balaban J connectivity index is 1.75. The normalized spacial score (nSPS) is 24.8. The summed E-state index contributed by atoms with van der Waals surface area (Å²) in [5, 5.41) is 2.91. The van der Waals surface area contributed by atoms with Gasteiger partial charge in [-0.3, -0.25) is 0 Å². The van der Waals surface area contributed by atoms with Crippen LogP contribution in [-0.2, 0) is 4.74 Å². The molecule has 0 aliphatic carbocycles. The molecule has 0 bridgehead atoms. The molecule has 0 saturated carbocycles. The molecule has 5 nitrogen and oxygen atoms in total. The standard InChI is InChI=1S/C18H26FN3O2/c1-13-11-22(12-14(2)24-13)18(23)20-16-10-15(19)6-7-17(16)21-8-4-3-5-9-21/h6-7,10,13-14H,3-5,8-9,11-12H2,1-2H3,(H,20,23). The molecule has 0 radical (unpaired) electrons. The van der Waals surface area contributed by atoms with Crippen molar-refractivity contribution in [1.29, 1.82) is 0 Å². The summed E-state index contributed by atoms with van der Waals surface area (Å²) in [7, 11) is 0. The molecular weight excluding hydrogens is 309 g/mol. The summed E-state index contributed by atoms with van der Waals surface area (Å²) in [5.41, 5.74) is 1.45. The first-order valence-electron chi connectivity index (χ1n) is 8.79. The molecule has 3 rings (SSSR count). The maximum atomic E-state index is 13.7. The third-order valence-corrected chi connectivity index (χ3v) is 4.60. The summed E-state index contributed by atoms with van der Waals surface area (Å²) < 4.78 is 19.4. The molecule has 1 N–H and O–H groups in total. The number of halogens is 1. The molecule has 2 aliphatic rings. The molecule has 0 spiro atoms. The summed E-state index contributed by atoms with van der Waals surface area (Å²) in [6.07, 6.45) is 3.50. The van der Waals surface area contributed by atoms with E-state index in [2.05, 4.69) is 10.2 Å². The van der Waals surface area contributed by atoms with Gasteiger partial charge in [0.05, 0.1) is 23.6 Å². The lowest BCUT2D eigenvalue weighted by Gasteiger charge is -2.36. The zero-order chi connectivity index (χ0) is 17.1. The van der Waals surface area contributed by atoms with Crippen LogP contribution in [0.1, 0.15) is 33.1 Å². The number of urea groups is 1. The summed E-state index contributed by atoms with van der Waals surface area (Å²) in [4.78, 5) is 16.6. The Morgan fingerprint density at radius 3 is 2.50 bits per heavy atom. The first kappa shape index (κ1) is 17.0. The molecule has 2 fully saturated rings. The van der Waals surface area contributed by atoms with Gasteiger partial charge in [-0.15, -0.1) is 0 Å². The predicted octanol–water partition coefficient (Wildman–Crippen LogP) is 3.46. The van der Waals surface area contributed by atoms with Gasteiger partial charge in [0.15, 0.2) is 0 Å². The van der Waals surface area contributed by atoms with E-state index in [4.69, 9.17) is 4.74 Å². The first-order valence-corrected chi connectivity index (χ1v) is 8.79. The zero-order valence-electron chi connectivity index (χ0n) is 14.4. The van der Waals surface area contributed by atoms with Crippen molar-refractivity contribution in [3.05, 3.63) is 24.0 Å². The Morgan fingerprint density at radius 1 is 1.17 bits per heavy atom. The van der Waals surface area contributed by atoms with Gasteiger partial charge in [-0.2, -0.15) is 0 Å². The van der Waals surface area contributed by atoms with E-state index >= 15 is 0 Å². The van der Waals surface area contributed by atoms with Crippen LogP contribution in [0.2, 0.25) is 0 Å². The Kier molecular flexibility index (Phi) is 5.23. The Labute approximate surface area is 142 Å². The van der Waals surface area contributed by atoms with E-state index in [0.29, 0.717) is 18.8 Å². The van der Waals surface area contributed by atoms with Gasteiger partial charge in [-0.25, -0.2) is 9.18 Å². The number of benzene rings is 1. The molecular formula is C18H26FN3O2. The quantitative estimate of drug-likeness (QED) is 0.900. The summed E-state index contributed by atoms with van der Waals surface area (Å²) >= 11 is 0. The van der Waals surface area contributed by atoms with Gasteiger partial charge >= 0.3 is 6.03 Å². The summed E-state index contributed by atoms with van der Waals surface area (Å²) in [5.74, 6) is -0.338. The lowest BCUT2D eigenvalue weighted by Crippen LogP contribution is -2.49. The maximum Gasteiger partial charge on any atom is 0.322 e. The molecule has 2 atom stereocenters. The Hall–Kier alpha value is -1.82. The van der Waals surface area contributed by atoms with Crippen LogP contribution in [-0.4, -0.2) is 49.3 Å². The third-order valence-electron chi connectivity index (χ3n) is 4.60. The van der Waals surface area contributed by atoms with Gasteiger partial charge in [0.25, 0.3) is 0 Å². The predicted molar refractivity (Wildman–Crippen MR) is 93.1 cm³/mol. The molecule has 2 heterocycles. The smallest absolute Gasteiger partial charge is 0.322 e. The van der Waals surface area contributed by atoms with Gasteiger partial charge in [0.2, 0.25) is 0 Å². The molecule has 0 aromatic heterocycles. The SMILES string of the molecule is CC1CN(C(=O)Nc2cc(F)ccc2N2CCCCC2)CC(C)O1. The average molecular weight is 335 g/mol. The number of morpholine rings is 1. The molecule has 132 valence electrons. The second-order valence-corrected chi connectivity index (χ2v) is 6.80. The van der Waals surface area contributed by atoms with Gasteiger partial charge in [-0.1, -0.05) is 0 Å². The fourth-order valence-electron chi connectivity index (χ4n) is 3.56. The fraction of sp³-hybridized carbons (Fsp3) is 0.611. The minimum atomic E-state index is -0.338. The number of nitrogens with zero attached hydrogens (tertiary/aromatic N) is 2. The van der Waals surface area contributed by atoms with Crippen LogP contribution < -0.4 is 10.2 Å². The molecule has 2 saturated heterocycles. The minimum absolute atomic E-state index is 0.00794. The fourth-order valence-corrected chi connectivity index (χ4v) is 3.56. The minimum Gasteiger partial charge on any atom is -0.372 e. The molecule has 1 aromatic rings. The summed E-state index contributed by atoms with van der Waals surface area (Å²) in [6.45, 7) is 6.89. The van der Waals surface area contributed by atoms with E-state index in [-0.39, 0.29) is 24.1 Å². The molecule has 2 amide bonds. The third kappa shape index (κ3) is 3.98. The number of hydrogen-bond acceptors (Lipinski definition) is 3. The van der Waals surface area contributed by atoms with Crippen molar-refractivity contribution in [2.45, 2.75) is 45.3 Å². The van der Waals surface area contributed by atoms with Crippen molar-refractivity contribution in [2.75, 3.05) is 36.4 Å².